The van der Waals surface area contributed by atoms with E-state index >= 15 is 0 Å². The van der Waals surface area contributed by atoms with Gasteiger partial charge in [-0.15, -0.1) is 0 Å². The monoisotopic (exact) mass is 299 g/mol. The van der Waals surface area contributed by atoms with Gasteiger partial charge in [0.1, 0.15) is 0 Å². The van der Waals surface area contributed by atoms with Crippen LogP contribution in [0.3, 0.4) is 0 Å². The van der Waals surface area contributed by atoms with Crippen LogP contribution in [0.15, 0.2) is 0 Å². The van der Waals surface area contributed by atoms with Crippen LogP contribution in [0.4, 0.5) is 0 Å². The summed E-state index contributed by atoms with van der Waals surface area (Å²) in [4.78, 5) is 0. The van der Waals surface area contributed by atoms with Gasteiger partial charge in [-0.05, 0) is 38.6 Å². The predicted octanol–water partition coefficient (Wildman–Crippen LogP) is 2.46. The summed E-state index contributed by atoms with van der Waals surface area (Å²) in [5.41, 5.74) is 1.26. The molecule has 0 atom stereocenters. The number of nitrogens with zero attached hydrogens (tertiary/aromatic N) is 2. The Balaban J connectivity index is 2.05. The Morgan fingerprint density at radius 3 is 2.55 bits per heavy atom. The fraction of sp³-hybridized carbons (Fsp3) is 0.800. The zero-order valence-corrected chi connectivity index (χ0v) is 13.5. The average Bonchev–Trinajstić information content (AvgIpc) is 2.69. The van der Waals surface area contributed by atoms with Gasteiger partial charge >= 0.3 is 0 Å². The quantitative estimate of drug-likeness (QED) is 0.878. The number of aromatic nitrogens is 2. The van der Waals surface area contributed by atoms with Crippen LogP contribution in [0, 0.1) is 0 Å². The van der Waals surface area contributed by atoms with Crippen LogP contribution in [-0.4, -0.2) is 33.1 Å². The van der Waals surface area contributed by atoms with Crippen LogP contribution in [0.1, 0.15) is 50.9 Å². The second kappa shape index (κ2) is 6.46. The number of aliphatic hydroxyl groups is 1. The van der Waals surface area contributed by atoms with Crippen LogP contribution in [0.2, 0.25) is 5.02 Å². The van der Waals surface area contributed by atoms with Crippen molar-refractivity contribution in [1.29, 1.82) is 0 Å². The first-order chi connectivity index (χ1) is 9.49. The molecule has 0 saturated heterocycles. The molecular formula is C15H26ClN3O. The van der Waals surface area contributed by atoms with Crippen LogP contribution >= 0.6 is 11.6 Å². The Kier molecular flexibility index (Phi) is 5.10. The van der Waals surface area contributed by atoms with Gasteiger partial charge < -0.3 is 10.4 Å². The second-order valence-electron chi connectivity index (χ2n) is 5.92. The molecule has 1 aromatic heterocycles. The van der Waals surface area contributed by atoms with Gasteiger partial charge in [0.15, 0.2) is 0 Å². The average molecular weight is 300 g/mol. The minimum absolute atomic E-state index is 0.550. The van der Waals surface area contributed by atoms with Crippen molar-refractivity contribution in [3.05, 3.63) is 16.4 Å². The lowest BCUT2D eigenvalue weighted by Gasteiger charge is -2.36. The van der Waals surface area contributed by atoms with Crippen molar-refractivity contribution >= 4 is 11.6 Å². The van der Waals surface area contributed by atoms with E-state index in [0.717, 1.165) is 55.1 Å². The van der Waals surface area contributed by atoms with Gasteiger partial charge in [-0.2, -0.15) is 5.10 Å². The maximum atomic E-state index is 10.8. The lowest BCUT2D eigenvalue weighted by atomic mass is 9.79. The fourth-order valence-corrected chi connectivity index (χ4v) is 3.51. The zero-order valence-electron chi connectivity index (χ0n) is 12.7. The van der Waals surface area contributed by atoms with Crippen molar-refractivity contribution in [2.75, 3.05) is 6.54 Å². The Labute approximate surface area is 126 Å². The molecular weight excluding hydrogens is 274 g/mol. The minimum Gasteiger partial charge on any atom is -0.389 e. The highest BCUT2D eigenvalue weighted by Gasteiger charge is 2.34. The number of hydrogen-bond acceptors (Lipinski definition) is 3. The Hall–Kier alpha value is -0.580. The van der Waals surface area contributed by atoms with Gasteiger partial charge in [0.2, 0.25) is 0 Å². The molecule has 1 saturated carbocycles. The minimum atomic E-state index is -0.631. The lowest BCUT2D eigenvalue weighted by Crippen LogP contribution is -2.42. The van der Waals surface area contributed by atoms with E-state index in [-0.39, 0.29) is 0 Å². The molecule has 0 bridgehead atoms. The van der Waals surface area contributed by atoms with Crippen LogP contribution in [-0.2, 0) is 19.9 Å². The SMILES string of the molecule is CCNC1CCC(O)(Cc2c(Cl)c(CC)nn2C)CC1. The highest BCUT2D eigenvalue weighted by molar-refractivity contribution is 6.31. The van der Waals surface area contributed by atoms with E-state index < -0.39 is 5.60 Å². The maximum Gasteiger partial charge on any atom is 0.0850 e. The molecule has 2 N–H and O–H groups in total. The standard InChI is InChI=1S/C15H26ClN3O/c1-4-12-14(16)13(19(3)18-12)10-15(20)8-6-11(7-9-15)17-5-2/h11,17,20H,4-10H2,1-3H3. The molecule has 1 heterocycles. The summed E-state index contributed by atoms with van der Waals surface area (Å²) in [5, 5.41) is 19.4. The third kappa shape index (κ3) is 3.35. The summed E-state index contributed by atoms with van der Waals surface area (Å²) in [6.07, 6.45) is 5.14. The molecule has 1 fully saturated rings. The van der Waals surface area contributed by atoms with Crippen LogP contribution in [0.5, 0.6) is 0 Å². The molecule has 2 rings (SSSR count). The smallest absolute Gasteiger partial charge is 0.0850 e. The number of hydrogen-bond donors (Lipinski definition) is 2. The largest absolute Gasteiger partial charge is 0.389 e. The Morgan fingerprint density at radius 1 is 1.40 bits per heavy atom. The predicted molar refractivity (Wildman–Crippen MR) is 82.2 cm³/mol. The van der Waals surface area contributed by atoms with Crippen LogP contribution in [0.25, 0.3) is 0 Å². The molecule has 1 aromatic rings. The van der Waals surface area contributed by atoms with Crippen molar-refractivity contribution in [3.8, 4) is 0 Å². The summed E-state index contributed by atoms with van der Waals surface area (Å²) in [6, 6.07) is 0.550. The van der Waals surface area contributed by atoms with Gasteiger partial charge in [0.25, 0.3) is 0 Å². The first-order valence-electron chi connectivity index (χ1n) is 7.65. The van der Waals surface area contributed by atoms with Crippen LogP contribution < -0.4 is 5.32 Å². The molecule has 1 aliphatic carbocycles. The molecule has 0 spiro atoms. The van der Waals surface area contributed by atoms with Gasteiger partial charge in [-0.1, -0.05) is 25.4 Å². The van der Waals surface area contributed by atoms with Crippen molar-refractivity contribution in [2.24, 2.45) is 7.05 Å². The second-order valence-corrected chi connectivity index (χ2v) is 6.30. The molecule has 0 radical (unpaired) electrons. The Morgan fingerprint density at radius 2 is 2.05 bits per heavy atom. The van der Waals surface area contributed by atoms with Gasteiger partial charge in [0, 0.05) is 19.5 Å². The van der Waals surface area contributed by atoms with E-state index in [9.17, 15) is 5.11 Å². The van der Waals surface area contributed by atoms with E-state index in [1.807, 2.05) is 18.7 Å². The molecule has 0 unspecified atom stereocenters. The first-order valence-corrected chi connectivity index (χ1v) is 8.03. The number of rotatable bonds is 5. The Bertz CT molecular complexity index is 450. The third-order valence-electron chi connectivity index (χ3n) is 4.41. The molecule has 0 aliphatic heterocycles. The van der Waals surface area contributed by atoms with Crippen molar-refractivity contribution in [1.82, 2.24) is 15.1 Å². The van der Waals surface area contributed by atoms with Gasteiger partial charge in [0.05, 0.1) is 22.0 Å². The van der Waals surface area contributed by atoms with Crippen molar-refractivity contribution < 1.29 is 5.11 Å². The first kappa shape index (κ1) is 15.8. The highest BCUT2D eigenvalue weighted by atomic mass is 35.5. The van der Waals surface area contributed by atoms with Gasteiger partial charge in [-0.3, -0.25) is 4.68 Å². The van der Waals surface area contributed by atoms with E-state index in [2.05, 4.69) is 17.3 Å². The highest BCUT2D eigenvalue weighted by Crippen LogP contribution is 2.34. The van der Waals surface area contributed by atoms with Crippen molar-refractivity contribution in [3.63, 3.8) is 0 Å². The molecule has 1 aliphatic rings. The summed E-state index contributed by atoms with van der Waals surface area (Å²) in [7, 11) is 1.91. The molecule has 114 valence electrons. The number of aryl methyl sites for hydroxylation is 2. The lowest BCUT2D eigenvalue weighted by molar-refractivity contribution is -0.00440. The van der Waals surface area contributed by atoms with Gasteiger partial charge in [-0.25, -0.2) is 0 Å². The van der Waals surface area contributed by atoms with E-state index in [1.54, 1.807) is 0 Å². The number of halogens is 1. The summed E-state index contributed by atoms with van der Waals surface area (Å²) < 4.78 is 1.83. The van der Waals surface area contributed by atoms with Crippen molar-refractivity contribution in [2.45, 2.75) is 64.0 Å². The summed E-state index contributed by atoms with van der Waals surface area (Å²) >= 11 is 6.38. The third-order valence-corrected chi connectivity index (χ3v) is 4.84. The summed E-state index contributed by atoms with van der Waals surface area (Å²) in [6.45, 7) is 5.17. The van der Waals surface area contributed by atoms with E-state index in [4.69, 9.17) is 11.6 Å². The topological polar surface area (TPSA) is 50.1 Å². The van der Waals surface area contributed by atoms with E-state index in [1.165, 1.54) is 0 Å². The molecule has 20 heavy (non-hydrogen) atoms. The molecule has 0 amide bonds. The molecule has 5 heteroatoms. The zero-order chi connectivity index (χ0) is 14.8. The van der Waals surface area contributed by atoms with E-state index in [0.29, 0.717) is 12.5 Å². The maximum absolute atomic E-state index is 10.8. The summed E-state index contributed by atoms with van der Waals surface area (Å²) in [5.74, 6) is 0. The molecule has 0 aromatic carbocycles. The molecule has 4 nitrogen and oxygen atoms in total. The number of nitrogens with one attached hydrogen (secondary N) is 1. The fourth-order valence-electron chi connectivity index (χ4n) is 3.15. The normalized spacial score (nSPS) is 26.9.